The number of hydrogen-bond acceptors (Lipinski definition) is 2. The molecule has 0 radical (unpaired) electrons. The van der Waals surface area contributed by atoms with E-state index >= 15 is 0 Å². The Kier molecular flexibility index (Phi) is 6.13. The van der Waals surface area contributed by atoms with Gasteiger partial charge in [-0.05, 0) is 45.6 Å². The molecule has 3 unspecified atom stereocenters. The van der Waals surface area contributed by atoms with Crippen LogP contribution in [0.1, 0.15) is 60.3 Å². The normalized spacial score (nSPS) is 34.2. The molecular weight excluding hydrogens is 222 g/mol. The van der Waals surface area contributed by atoms with Gasteiger partial charge in [0.05, 0.1) is 6.61 Å². The topological polar surface area (TPSA) is 12.5 Å². The zero-order valence-electron chi connectivity index (χ0n) is 13.3. The first kappa shape index (κ1) is 16.0. The second kappa shape index (κ2) is 6.91. The average molecular weight is 255 g/mol. The maximum Gasteiger partial charge on any atom is 0.0646 e. The van der Waals surface area contributed by atoms with Crippen molar-refractivity contribution in [3.8, 4) is 0 Å². The highest BCUT2D eigenvalue weighted by Gasteiger charge is 2.46. The summed E-state index contributed by atoms with van der Waals surface area (Å²) in [6.07, 6.45) is 5.33. The van der Waals surface area contributed by atoms with Crippen LogP contribution in [0.3, 0.4) is 0 Å². The van der Waals surface area contributed by atoms with Gasteiger partial charge in [-0.1, -0.05) is 33.1 Å². The standard InChI is InChI=1S/C16H33NO/c1-7-9-14-10-11-17(13(3)4)16(5,12-18-6)15(14)8-2/h13-15H,7-12H2,1-6H3. The lowest BCUT2D eigenvalue weighted by molar-refractivity contribution is -0.0875. The summed E-state index contributed by atoms with van der Waals surface area (Å²) in [6, 6.07) is 0.613. The number of rotatable bonds is 6. The number of piperidine rings is 1. The Morgan fingerprint density at radius 3 is 2.44 bits per heavy atom. The molecule has 0 aliphatic carbocycles. The summed E-state index contributed by atoms with van der Waals surface area (Å²) in [7, 11) is 1.85. The molecule has 3 atom stereocenters. The zero-order valence-corrected chi connectivity index (χ0v) is 13.3. The van der Waals surface area contributed by atoms with Gasteiger partial charge < -0.3 is 4.74 Å². The third-order valence-electron chi connectivity index (χ3n) is 4.92. The van der Waals surface area contributed by atoms with Crippen molar-refractivity contribution in [3.05, 3.63) is 0 Å². The van der Waals surface area contributed by atoms with Crippen LogP contribution in [0.5, 0.6) is 0 Å². The molecule has 1 aliphatic rings. The Morgan fingerprint density at radius 1 is 1.33 bits per heavy atom. The van der Waals surface area contributed by atoms with Crippen molar-refractivity contribution in [2.75, 3.05) is 20.3 Å². The first-order chi connectivity index (χ1) is 8.51. The van der Waals surface area contributed by atoms with Crippen molar-refractivity contribution in [3.63, 3.8) is 0 Å². The van der Waals surface area contributed by atoms with E-state index in [9.17, 15) is 0 Å². The average Bonchev–Trinajstić information content (AvgIpc) is 2.29. The fourth-order valence-corrected chi connectivity index (χ4v) is 4.30. The van der Waals surface area contributed by atoms with Gasteiger partial charge >= 0.3 is 0 Å². The number of hydrogen-bond donors (Lipinski definition) is 0. The van der Waals surface area contributed by atoms with Crippen molar-refractivity contribution in [1.82, 2.24) is 4.90 Å². The fourth-order valence-electron chi connectivity index (χ4n) is 4.30. The number of nitrogens with zero attached hydrogens (tertiary/aromatic N) is 1. The van der Waals surface area contributed by atoms with Gasteiger partial charge in [0.1, 0.15) is 0 Å². The number of likely N-dealkylation sites (tertiary alicyclic amines) is 1. The lowest BCUT2D eigenvalue weighted by Crippen LogP contribution is -2.62. The van der Waals surface area contributed by atoms with E-state index in [1.54, 1.807) is 0 Å². The highest BCUT2D eigenvalue weighted by atomic mass is 16.5. The minimum absolute atomic E-state index is 0.218. The van der Waals surface area contributed by atoms with Crippen LogP contribution >= 0.6 is 0 Å². The van der Waals surface area contributed by atoms with Gasteiger partial charge in [-0.3, -0.25) is 4.90 Å². The minimum Gasteiger partial charge on any atom is -0.383 e. The van der Waals surface area contributed by atoms with Gasteiger partial charge in [0.2, 0.25) is 0 Å². The Hall–Kier alpha value is -0.0800. The van der Waals surface area contributed by atoms with Gasteiger partial charge in [-0.2, -0.15) is 0 Å². The first-order valence-corrected chi connectivity index (χ1v) is 7.76. The third-order valence-corrected chi connectivity index (χ3v) is 4.92. The Balaban J connectivity index is 2.96. The largest absolute Gasteiger partial charge is 0.383 e. The molecule has 0 saturated carbocycles. The second-order valence-electron chi connectivity index (χ2n) is 6.43. The van der Waals surface area contributed by atoms with Crippen LogP contribution in [0, 0.1) is 11.8 Å². The quantitative estimate of drug-likeness (QED) is 0.712. The van der Waals surface area contributed by atoms with Crippen molar-refractivity contribution in [2.24, 2.45) is 11.8 Å². The monoisotopic (exact) mass is 255 g/mol. The summed E-state index contributed by atoms with van der Waals surface area (Å²) in [5.74, 6) is 1.66. The van der Waals surface area contributed by atoms with Crippen LogP contribution in [-0.4, -0.2) is 36.7 Å². The van der Waals surface area contributed by atoms with Crippen molar-refractivity contribution >= 4 is 0 Å². The molecule has 1 aliphatic heterocycles. The minimum atomic E-state index is 0.218. The maximum absolute atomic E-state index is 5.58. The van der Waals surface area contributed by atoms with E-state index in [0.29, 0.717) is 6.04 Å². The summed E-state index contributed by atoms with van der Waals surface area (Å²) in [4.78, 5) is 2.68. The lowest BCUT2D eigenvalue weighted by atomic mass is 9.68. The molecule has 1 saturated heterocycles. The molecule has 0 aromatic carbocycles. The van der Waals surface area contributed by atoms with Gasteiger partial charge in [-0.25, -0.2) is 0 Å². The highest BCUT2D eigenvalue weighted by molar-refractivity contribution is 5.00. The summed E-state index contributed by atoms with van der Waals surface area (Å²) in [6.45, 7) is 13.8. The molecule has 2 heteroatoms. The molecule has 0 amide bonds. The summed E-state index contributed by atoms with van der Waals surface area (Å²) >= 11 is 0. The van der Waals surface area contributed by atoms with Gasteiger partial charge in [-0.15, -0.1) is 0 Å². The van der Waals surface area contributed by atoms with Crippen LogP contribution in [0.15, 0.2) is 0 Å². The molecule has 0 aromatic rings. The third kappa shape index (κ3) is 3.08. The molecule has 18 heavy (non-hydrogen) atoms. The predicted octanol–water partition coefficient (Wildman–Crippen LogP) is 3.95. The van der Waals surface area contributed by atoms with E-state index in [1.807, 2.05) is 7.11 Å². The molecule has 1 rings (SSSR count). The van der Waals surface area contributed by atoms with E-state index in [4.69, 9.17) is 4.74 Å². The predicted molar refractivity (Wildman–Crippen MR) is 78.9 cm³/mol. The summed E-state index contributed by atoms with van der Waals surface area (Å²) in [5, 5.41) is 0. The van der Waals surface area contributed by atoms with E-state index in [2.05, 4.69) is 39.5 Å². The smallest absolute Gasteiger partial charge is 0.0646 e. The number of methoxy groups -OCH3 is 1. The van der Waals surface area contributed by atoms with Crippen molar-refractivity contribution in [2.45, 2.75) is 71.9 Å². The van der Waals surface area contributed by atoms with Crippen LogP contribution in [-0.2, 0) is 4.74 Å². The van der Waals surface area contributed by atoms with Crippen LogP contribution in [0.25, 0.3) is 0 Å². The van der Waals surface area contributed by atoms with Gasteiger partial charge in [0.15, 0.2) is 0 Å². The van der Waals surface area contributed by atoms with Gasteiger partial charge in [0.25, 0.3) is 0 Å². The lowest BCUT2D eigenvalue weighted by Gasteiger charge is -2.55. The zero-order chi connectivity index (χ0) is 13.8. The summed E-state index contributed by atoms with van der Waals surface area (Å²) in [5.41, 5.74) is 0.218. The fraction of sp³-hybridized carbons (Fsp3) is 1.00. The molecule has 1 fully saturated rings. The first-order valence-electron chi connectivity index (χ1n) is 7.76. The second-order valence-corrected chi connectivity index (χ2v) is 6.43. The Morgan fingerprint density at radius 2 is 2.00 bits per heavy atom. The maximum atomic E-state index is 5.58. The molecule has 0 bridgehead atoms. The molecule has 108 valence electrons. The Bertz CT molecular complexity index is 241. The molecule has 1 heterocycles. The van der Waals surface area contributed by atoms with Crippen LogP contribution < -0.4 is 0 Å². The molecule has 2 nitrogen and oxygen atoms in total. The SMILES string of the molecule is CCCC1CCN(C(C)C)C(C)(COC)C1CC. The molecule has 0 spiro atoms. The molecular formula is C16H33NO. The van der Waals surface area contributed by atoms with E-state index in [0.717, 1.165) is 18.4 Å². The van der Waals surface area contributed by atoms with Crippen LogP contribution in [0.2, 0.25) is 0 Å². The molecule has 0 aromatic heterocycles. The number of ether oxygens (including phenoxy) is 1. The van der Waals surface area contributed by atoms with Gasteiger partial charge in [0, 0.05) is 18.7 Å². The Labute approximate surface area is 114 Å². The highest BCUT2D eigenvalue weighted by Crippen LogP contribution is 2.42. The van der Waals surface area contributed by atoms with Crippen molar-refractivity contribution in [1.29, 1.82) is 0 Å². The molecule has 0 N–H and O–H groups in total. The van der Waals surface area contributed by atoms with E-state index in [-0.39, 0.29) is 5.54 Å². The van der Waals surface area contributed by atoms with E-state index in [1.165, 1.54) is 32.2 Å². The van der Waals surface area contributed by atoms with Crippen LogP contribution in [0.4, 0.5) is 0 Å². The van der Waals surface area contributed by atoms with E-state index < -0.39 is 0 Å². The van der Waals surface area contributed by atoms with Crippen molar-refractivity contribution < 1.29 is 4.74 Å². The summed E-state index contributed by atoms with van der Waals surface area (Å²) < 4.78 is 5.58.